The fourth-order valence-corrected chi connectivity index (χ4v) is 1.50. The van der Waals surface area contributed by atoms with E-state index in [9.17, 15) is 0 Å². The fraction of sp³-hybridized carbons (Fsp3) is 0.889. The number of piperidine rings is 1. The Morgan fingerprint density at radius 3 is 2.40 bits per heavy atom. The Hall–Kier alpha value is -0.0400. The molecule has 0 aliphatic carbocycles. The van der Waals surface area contributed by atoms with Crippen LogP contribution in [0.25, 0.3) is 0 Å². The van der Waals surface area contributed by atoms with Crippen LogP contribution in [0.4, 0.5) is 0 Å². The Morgan fingerprint density at radius 1 is 1.30 bits per heavy atom. The predicted octanol–water partition coefficient (Wildman–Crippen LogP) is 1.94. The summed E-state index contributed by atoms with van der Waals surface area (Å²) in [6, 6.07) is 0. The van der Waals surface area contributed by atoms with Gasteiger partial charge in [0.1, 0.15) is 0 Å². The minimum atomic E-state index is 0.832. The third-order valence-electron chi connectivity index (χ3n) is 1.92. The van der Waals surface area contributed by atoms with Crippen LogP contribution in [0.2, 0.25) is 0 Å². The Morgan fingerprint density at radius 2 is 1.90 bits per heavy atom. The lowest BCUT2D eigenvalue weighted by Gasteiger charge is -2.27. The van der Waals surface area contributed by atoms with Crippen molar-refractivity contribution >= 4 is 0 Å². The van der Waals surface area contributed by atoms with E-state index in [1.807, 2.05) is 0 Å². The molecule has 1 heteroatoms. The van der Waals surface area contributed by atoms with Crippen molar-refractivity contribution in [3.63, 3.8) is 0 Å². The Labute approximate surface area is 64.4 Å². The van der Waals surface area contributed by atoms with Gasteiger partial charge in [-0.05, 0) is 38.3 Å². The number of hydrogen-bond acceptors (Lipinski definition) is 1. The largest absolute Gasteiger partial charge is 0.303 e. The van der Waals surface area contributed by atoms with Crippen LogP contribution >= 0.6 is 0 Å². The third-order valence-corrected chi connectivity index (χ3v) is 1.92. The molecular weight excluding hydrogens is 122 g/mol. The minimum Gasteiger partial charge on any atom is -0.303 e. The molecule has 0 spiro atoms. The first kappa shape index (κ1) is 8.06. The highest BCUT2D eigenvalue weighted by Crippen LogP contribution is 2.09. The number of likely N-dealkylation sites (tertiary alicyclic amines) is 1. The average Bonchev–Trinajstić information content (AvgIpc) is 1.88. The maximum Gasteiger partial charge on any atom is 0.000439 e. The second kappa shape index (κ2) is 3.97. The van der Waals surface area contributed by atoms with Crippen LogP contribution in [0.1, 0.15) is 26.7 Å². The highest BCUT2D eigenvalue weighted by atomic mass is 15.1. The van der Waals surface area contributed by atoms with Gasteiger partial charge in [0, 0.05) is 6.54 Å². The normalized spacial score (nSPS) is 21.9. The molecule has 1 heterocycles. The highest BCUT2D eigenvalue weighted by Gasteiger charge is 2.10. The fourth-order valence-electron chi connectivity index (χ4n) is 1.50. The monoisotopic (exact) mass is 140 g/mol. The summed E-state index contributed by atoms with van der Waals surface area (Å²) in [5, 5.41) is 0. The van der Waals surface area contributed by atoms with Crippen LogP contribution < -0.4 is 0 Å². The van der Waals surface area contributed by atoms with E-state index in [1.165, 1.54) is 32.5 Å². The third kappa shape index (κ3) is 2.70. The SMILES string of the molecule is CC(C)CN1CC[CH]CC1. The Bertz CT molecular complexity index is 82.7. The quantitative estimate of drug-likeness (QED) is 0.566. The molecule has 1 nitrogen and oxygen atoms in total. The van der Waals surface area contributed by atoms with Crippen molar-refractivity contribution in [3.8, 4) is 0 Å². The summed E-state index contributed by atoms with van der Waals surface area (Å²) in [7, 11) is 0. The molecule has 0 saturated carbocycles. The lowest BCUT2D eigenvalue weighted by Crippen LogP contribution is -2.32. The molecule has 0 atom stereocenters. The van der Waals surface area contributed by atoms with E-state index in [1.54, 1.807) is 0 Å². The molecule has 1 aliphatic rings. The van der Waals surface area contributed by atoms with Gasteiger partial charge in [-0.2, -0.15) is 0 Å². The van der Waals surface area contributed by atoms with E-state index in [-0.39, 0.29) is 0 Å². The Balaban J connectivity index is 2.13. The van der Waals surface area contributed by atoms with E-state index >= 15 is 0 Å². The minimum absolute atomic E-state index is 0.832. The second-order valence-corrected chi connectivity index (χ2v) is 3.56. The summed E-state index contributed by atoms with van der Waals surface area (Å²) in [5.41, 5.74) is 0. The van der Waals surface area contributed by atoms with Gasteiger partial charge in [0.25, 0.3) is 0 Å². The standard InChI is InChI=1S/C9H18N/c1-9(2)8-10-6-4-3-5-7-10/h3,9H,4-8H2,1-2H3. The van der Waals surface area contributed by atoms with Gasteiger partial charge in [-0.25, -0.2) is 0 Å². The molecule has 0 aromatic heterocycles. The van der Waals surface area contributed by atoms with E-state index in [0.717, 1.165) is 5.92 Å². The van der Waals surface area contributed by atoms with E-state index in [4.69, 9.17) is 0 Å². The van der Waals surface area contributed by atoms with Crippen molar-refractivity contribution in [2.45, 2.75) is 26.7 Å². The van der Waals surface area contributed by atoms with Gasteiger partial charge < -0.3 is 4.90 Å². The molecule has 0 aromatic rings. The smallest absolute Gasteiger partial charge is 0.000439 e. The van der Waals surface area contributed by atoms with Gasteiger partial charge in [0.15, 0.2) is 0 Å². The van der Waals surface area contributed by atoms with Gasteiger partial charge in [-0.3, -0.25) is 0 Å². The van der Waals surface area contributed by atoms with Gasteiger partial charge >= 0.3 is 0 Å². The zero-order chi connectivity index (χ0) is 7.40. The van der Waals surface area contributed by atoms with Crippen molar-refractivity contribution in [1.82, 2.24) is 4.90 Å². The molecule has 1 aliphatic heterocycles. The molecular formula is C9H18N. The Kier molecular flexibility index (Phi) is 3.20. The zero-order valence-electron chi connectivity index (χ0n) is 7.14. The first-order valence-corrected chi connectivity index (χ1v) is 4.33. The van der Waals surface area contributed by atoms with Crippen LogP contribution in [0.5, 0.6) is 0 Å². The molecule has 1 saturated heterocycles. The molecule has 1 radical (unpaired) electrons. The molecule has 0 amide bonds. The molecule has 0 unspecified atom stereocenters. The average molecular weight is 140 g/mol. The summed E-state index contributed by atoms with van der Waals surface area (Å²) in [6.45, 7) is 8.45. The molecule has 0 aromatic carbocycles. The number of nitrogens with zero attached hydrogens (tertiary/aromatic N) is 1. The molecule has 59 valence electrons. The van der Waals surface area contributed by atoms with E-state index in [2.05, 4.69) is 25.2 Å². The van der Waals surface area contributed by atoms with Crippen LogP contribution in [0.3, 0.4) is 0 Å². The summed E-state index contributed by atoms with van der Waals surface area (Å²) in [5.74, 6) is 0.832. The van der Waals surface area contributed by atoms with Crippen LogP contribution in [0, 0.1) is 12.3 Å². The topological polar surface area (TPSA) is 3.24 Å². The lowest BCUT2D eigenvalue weighted by atomic mass is 10.1. The summed E-state index contributed by atoms with van der Waals surface area (Å²) in [6.07, 6.45) is 5.00. The predicted molar refractivity (Wildman–Crippen MR) is 44.8 cm³/mol. The highest BCUT2D eigenvalue weighted by molar-refractivity contribution is 4.76. The van der Waals surface area contributed by atoms with Crippen LogP contribution in [0.15, 0.2) is 0 Å². The maximum atomic E-state index is 2.56. The summed E-state index contributed by atoms with van der Waals surface area (Å²) >= 11 is 0. The summed E-state index contributed by atoms with van der Waals surface area (Å²) < 4.78 is 0. The maximum absolute atomic E-state index is 2.56. The van der Waals surface area contributed by atoms with Crippen molar-refractivity contribution in [1.29, 1.82) is 0 Å². The van der Waals surface area contributed by atoms with Gasteiger partial charge in [0.2, 0.25) is 0 Å². The van der Waals surface area contributed by atoms with E-state index in [0.29, 0.717) is 0 Å². The van der Waals surface area contributed by atoms with Crippen LogP contribution in [-0.2, 0) is 0 Å². The molecule has 1 fully saturated rings. The van der Waals surface area contributed by atoms with Gasteiger partial charge in [-0.15, -0.1) is 0 Å². The van der Waals surface area contributed by atoms with Crippen molar-refractivity contribution in [2.75, 3.05) is 19.6 Å². The second-order valence-electron chi connectivity index (χ2n) is 3.56. The summed E-state index contributed by atoms with van der Waals surface area (Å²) in [4.78, 5) is 2.56. The molecule has 0 bridgehead atoms. The first-order valence-electron chi connectivity index (χ1n) is 4.33. The molecule has 0 N–H and O–H groups in total. The molecule has 1 rings (SSSR count). The van der Waals surface area contributed by atoms with Crippen molar-refractivity contribution in [2.24, 2.45) is 5.92 Å². The zero-order valence-corrected chi connectivity index (χ0v) is 7.14. The van der Waals surface area contributed by atoms with Crippen LogP contribution in [-0.4, -0.2) is 24.5 Å². The molecule has 10 heavy (non-hydrogen) atoms. The lowest BCUT2D eigenvalue weighted by molar-refractivity contribution is 0.227. The van der Waals surface area contributed by atoms with Gasteiger partial charge in [0.05, 0.1) is 0 Å². The van der Waals surface area contributed by atoms with Gasteiger partial charge in [-0.1, -0.05) is 13.8 Å². The number of hydrogen-bond donors (Lipinski definition) is 0. The van der Waals surface area contributed by atoms with Crippen molar-refractivity contribution in [3.05, 3.63) is 6.42 Å². The van der Waals surface area contributed by atoms with E-state index < -0.39 is 0 Å². The first-order chi connectivity index (χ1) is 4.79. The van der Waals surface area contributed by atoms with Crippen molar-refractivity contribution < 1.29 is 0 Å². The number of rotatable bonds is 2.